The Morgan fingerprint density at radius 3 is 3.00 bits per heavy atom. The molecule has 0 saturated heterocycles. The second-order valence-corrected chi connectivity index (χ2v) is 6.36. The molecule has 0 amide bonds. The molecule has 3 rings (SSSR count). The van der Waals surface area contributed by atoms with Gasteiger partial charge in [-0.3, -0.25) is 4.79 Å². The molecule has 0 fully saturated rings. The quantitative estimate of drug-likeness (QED) is 0.481. The number of hydrogen-bond donors (Lipinski definition) is 0. The van der Waals surface area contributed by atoms with Gasteiger partial charge in [0.15, 0.2) is 11.8 Å². The van der Waals surface area contributed by atoms with Crippen LogP contribution in [-0.4, -0.2) is 17.4 Å². The zero-order valence-corrected chi connectivity index (χ0v) is 12.4. The molecule has 0 saturated carbocycles. The average Bonchev–Trinajstić information content (AvgIpc) is 2.77. The molecule has 4 heteroatoms. The van der Waals surface area contributed by atoms with Crippen LogP contribution < -0.4 is 4.57 Å². The minimum Gasteiger partial charge on any atom is -0.298 e. The lowest BCUT2D eigenvalue weighted by atomic mass is 10.0. The summed E-state index contributed by atoms with van der Waals surface area (Å²) in [6.45, 7) is 2.23. The highest BCUT2D eigenvalue weighted by atomic mass is 79.9. The van der Waals surface area contributed by atoms with E-state index in [-0.39, 0.29) is 5.54 Å². The topological polar surface area (TPSA) is 20.9 Å². The lowest BCUT2D eigenvalue weighted by Crippen LogP contribution is -2.55. The van der Waals surface area contributed by atoms with Gasteiger partial charge in [-0.1, -0.05) is 28.1 Å². The highest BCUT2D eigenvalue weighted by Gasteiger charge is 2.45. The van der Waals surface area contributed by atoms with E-state index >= 15 is 0 Å². The fourth-order valence-electron chi connectivity index (χ4n) is 2.44. The van der Waals surface area contributed by atoms with Crippen LogP contribution in [-0.2, 0) is 5.54 Å². The third-order valence-corrected chi connectivity index (χ3v) is 6.08. The Morgan fingerprint density at radius 2 is 2.28 bits per heavy atom. The van der Waals surface area contributed by atoms with Gasteiger partial charge in [0.2, 0.25) is 5.52 Å². The van der Waals surface area contributed by atoms with Crippen molar-refractivity contribution in [1.82, 2.24) is 0 Å². The summed E-state index contributed by atoms with van der Waals surface area (Å²) in [6, 6.07) is 10.2. The van der Waals surface area contributed by atoms with Crippen LogP contribution in [0.15, 0.2) is 35.4 Å². The predicted octanol–water partition coefficient (Wildman–Crippen LogP) is 3.16. The monoisotopic (exact) mass is 322 g/mol. The number of hydrogen-bond acceptors (Lipinski definition) is 2. The number of nitrogens with zero attached hydrogens (tertiary/aromatic N) is 1. The van der Waals surface area contributed by atoms with Crippen molar-refractivity contribution in [3.05, 3.63) is 35.9 Å². The van der Waals surface area contributed by atoms with E-state index in [2.05, 4.69) is 39.6 Å². The molecule has 1 aliphatic rings. The smallest absolute Gasteiger partial charge is 0.251 e. The number of benzene rings is 1. The SMILES string of the molecule is CC1(CBr)CSc2c(C=O)cc3ccccc3[n+]21. The van der Waals surface area contributed by atoms with E-state index in [9.17, 15) is 4.79 Å². The highest BCUT2D eigenvalue weighted by Crippen LogP contribution is 2.35. The van der Waals surface area contributed by atoms with Crippen LogP contribution >= 0.6 is 27.7 Å². The zero-order chi connectivity index (χ0) is 12.8. The molecule has 0 N–H and O–H groups in total. The average molecular weight is 323 g/mol. The maximum atomic E-state index is 11.3. The Hall–Kier alpha value is -0.870. The molecule has 2 aromatic rings. The Balaban J connectivity index is 2.44. The Bertz CT molecular complexity index is 643. The van der Waals surface area contributed by atoms with Crippen molar-refractivity contribution in [3.63, 3.8) is 0 Å². The molecule has 0 bridgehead atoms. The van der Waals surface area contributed by atoms with Crippen LogP contribution in [0.3, 0.4) is 0 Å². The highest BCUT2D eigenvalue weighted by molar-refractivity contribution is 9.09. The number of aromatic nitrogens is 1. The summed E-state index contributed by atoms with van der Waals surface area (Å²) in [4.78, 5) is 11.3. The molecule has 2 heterocycles. The molecule has 0 spiro atoms. The third kappa shape index (κ3) is 1.62. The number of thioether (sulfide) groups is 1. The van der Waals surface area contributed by atoms with Gasteiger partial charge >= 0.3 is 0 Å². The maximum Gasteiger partial charge on any atom is 0.251 e. The fourth-order valence-corrected chi connectivity index (χ4v) is 4.55. The van der Waals surface area contributed by atoms with Gasteiger partial charge in [0.05, 0.1) is 16.6 Å². The van der Waals surface area contributed by atoms with E-state index in [1.807, 2.05) is 18.2 Å². The van der Waals surface area contributed by atoms with Crippen LogP contribution in [0.25, 0.3) is 10.9 Å². The number of pyridine rings is 1. The molecule has 2 nitrogen and oxygen atoms in total. The normalized spacial score (nSPS) is 22.1. The first-order chi connectivity index (χ1) is 8.69. The van der Waals surface area contributed by atoms with Crippen molar-refractivity contribution in [2.45, 2.75) is 17.5 Å². The van der Waals surface area contributed by atoms with Gasteiger partial charge in [-0.25, -0.2) is 0 Å². The number of aldehydes is 1. The van der Waals surface area contributed by atoms with Crippen LogP contribution in [0.4, 0.5) is 0 Å². The van der Waals surface area contributed by atoms with E-state index in [1.165, 1.54) is 5.52 Å². The largest absolute Gasteiger partial charge is 0.298 e. The third-order valence-electron chi connectivity index (χ3n) is 3.41. The van der Waals surface area contributed by atoms with Crippen LogP contribution in [0.5, 0.6) is 0 Å². The summed E-state index contributed by atoms with van der Waals surface area (Å²) in [6.07, 6.45) is 0.964. The van der Waals surface area contributed by atoms with Gasteiger partial charge in [-0.05, 0) is 23.9 Å². The second kappa shape index (κ2) is 4.35. The van der Waals surface area contributed by atoms with Crippen molar-refractivity contribution in [1.29, 1.82) is 0 Å². The molecule has 0 aliphatic carbocycles. The van der Waals surface area contributed by atoms with Crippen molar-refractivity contribution in [2.24, 2.45) is 0 Å². The van der Waals surface area contributed by atoms with E-state index in [1.54, 1.807) is 11.8 Å². The number of para-hydroxylation sites is 1. The van der Waals surface area contributed by atoms with Gasteiger partial charge in [0.25, 0.3) is 5.03 Å². The van der Waals surface area contributed by atoms with Gasteiger partial charge in [-0.2, -0.15) is 4.57 Å². The molecule has 1 unspecified atom stereocenters. The maximum absolute atomic E-state index is 11.3. The summed E-state index contributed by atoms with van der Waals surface area (Å²) >= 11 is 5.38. The predicted molar refractivity (Wildman–Crippen MR) is 77.7 cm³/mol. The van der Waals surface area contributed by atoms with E-state index in [4.69, 9.17) is 0 Å². The van der Waals surface area contributed by atoms with E-state index < -0.39 is 0 Å². The van der Waals surface area contributed by atoms with Crippen molar-refractivity contribution in [2.75, 3.05) is 11.1 Å². The number of fused-ring (bicyclic) bond motifs is 3. The van der Waals surface area contributed by atoms with Gasteiger partial charge in [0, 0.05) is 18.4 Å². The summed E-state index contributed by atoms with van der Waals surface area (Å²) in [5.74, 6) is 0.993. The minimum absolute atomic E-state index is 0.0264. The number of halogens is 1. The van der Waals surface area contributed by atoms with Crippen LogP contribution in [0.1, 0.15) is 17.3 Å². The first-order valence-electron chi connectivity index (χ1n) is 5.82. The molecule has 1 aliphatic heterocycles. The second-order valence-electron chi connectivity index (χ2n) is 4.84. The van der Waals surface area contributed by atoms with Gasteiger partial charge < -0.3 is 0 Å². The summed E-state index contributed by atoms with van der Waals surface area (Å²) in [7, 11) is 0. The lowest BCUT2D eigenvalue weighted by molar-refractivity contribution is -0.755. The number of carbonyl (C=O) groups excluding carboxylic acids is 1. The first kappa shape index (κ1) is 12.2. The molecule has 1 aromatic heterocycles. The number of rotatable bonds is 2. The molecule has 18 heavy (non-hydrogen) atoms. The van der Waals surface area contributed by atoms with Crippen molar-refractivity contribution >= 4 is 44.9 Å². The summed E-state index contributed by atoms with van der Waals surface area (Å²) in [5.41, 5.74) is 2.02. The standard InChI is InChI=1S/C14H13BrNOS/c1-14(8-15)9-18-13-11(7-17)6-10-4-2-3-5-12(10)16(13)14/h2-7H,8-9H2,1H3/q+1. The Labute approximate surface area is 119 Å². The fraction of sp³-hybridized carbons (Fsp3) is 0.286. The first-order valence-corrected chi connectivity index (χ1v) is 7.92. The molecular formula is C14H13BrNOS+. The summed E-state index contributed by atoms with van der Waals surface area (Å²) in [5, 5.41) is 3.10. The summed E-state index contributed by atoms with van der Waals surface area (Å²) < 4.78 is 2.31. The molecule has 1 aromatic carbocycles. The number of carbonyl (C=O) groups is 1. The van der Waals surface area contributed by atoms with E-state index in [0.717, 1.165) is 33.3 Å². The van der Waals surface area contributed by atoms with Crippen LogP contribution in [0, 0.1) is 0 Å². The van der Waals surface area contributed by atoms with E-state index in [0.29, 0.717) is 0 Å². The molecular weight excluding hydrogens is 310 g/mol. The molecule has 1 atom stereocenters. The zero-order valence-electron chi connectivity index (χ0n) is 10.0. The Kier molecular flexibility index (Phi) is 2.94. The van der Waals surface area contributed by atoms with Crippen molar-refractivity contribution in [3.8, 4) is 0 Å². The van der Waals surface area contributed by atoms with Gasteiger partial charge in [-0.15, -0.1) is 0 Å². The van der Waals surface area contributed by atoms with Crippen molar-refractivity contribution < 1.29 is 9.36 Å². The molecule has 92 valence electrons. The number of alkyl halides is 1. The lowest BCUT2D eigenvalue weighted by Gasteiger charge is -2.16. The molecule has 0 radical (unpaired) electrons. The van der Waals surface area contributed by atoms with Crippen LogP contribution in [0.2, 0.25) is 0 Å². The Morgan fingerprint density at radius 1 is 1.50 bits per heavy atom. The minimum atomic E-state index is 0.0264. The van der Waals surface area contributed by atoms with Gasteiger partial charge in [0.1, 0.15) is 0 Å².